The summed E-state index contributed by atoms with van der Waals surface area (Å²) in [5.74, 6) is -0.367. The van der Waals surface area contributed by atoms with E-state index in [0.717, 1.165) is 5.56 Å². The summed E-state index contributed by atoms with van der Waals surface area (Å²) < 4.78 is 41.7. The van der Waals surface area contributed by atoms with Crippen molar-refractivity contribution in [1.82, 2.24) is 15.2 Å². The van der Waals surface area contributed by atoms with E-state index < -0.39 is 6.36 Å². The lowest BCUT2D eigenvalue weighted by molar-refractivity contribution is -0.274. The number of aryl methyl sites for hydroxylation is 1. The molecule has 0 radical (unpaired) electrons. The van der Waals surface area contributed by atoms with Gasteiger partial charge in [0.25, 0.3) is 0 Å². The highest BCUT2D eigenvalue weighted by Gasteiger charge is 2.32. The molecule has 9 heteroatoms. The predicted molar refractivity (Wildman–Crippen MR) is 100 cm³/mol. The second-order valence-corrected chi connectivity index (χ2v) is 6.25. The van der Waals surface area contributed by atoms with E-state index in [1.54, 1.807) is 29.4 Å². The third-order valence-electron chi connectivity index (χ3n) is 4.44. The molecule has 1 amide bonds. The summed E-state index contributed by atoms with van der Waals surface area (Å²) in [6, 6.07) is 9.50. The van der Waals surface area contributed by atoms with Crippen LogP contribution in [0.25, 0.3) is 0 Å². The van der Waals surface area contributed by atoms with Crippen LogP contribution in [-0.2, 0) is 11.2 Å². The van der Waals surface area contributed by atoms with Gasteiger partial charge in [0.1, 0.15) is 5.75 Å². The Morgan fingerprint density at radius 1 is 1.25 bits per heavy atom. The van der Waals surface area contributed by atoms with Gasteiger partial charge in [0.15, 0.2) is 0 Å². The summed E-state index contributed by atoms with van der Waals surface area (Å²) in [5.41, 5.74) is 1.29. The number of aromatic nitrogens is 1. The maximum absolute atomic E-state index is 12.8. The average molecular weight is 416 g/mol. The summed E-state index contributed by atoms with van der Waals surface area (Å²) >= 11 is 0. The first-order chi connectivity index (χ1) is 12.9. The molecule has 152 valence electrons. The monoisotopic (exact) mass is 415 g/mol. The highest BCUT2D eigenvalue weighted by molar-refractivity contribution is 5.85. The zero-order valence-electron chi connectivity index (χ0n) is 15.0. The number of benzene rings is 1. The van der Waals surface area contributed by atoms with Crippen LogP contribution >= 0.6 is 12.4 Å². The molecule has 0 aliphatic carbocycles. The lowest BCUT2D eigenvalue weighted by atomic mass is 10.0. The first-order valence-corrected chi connectivity index (χ1v) is 8.68. The number of nitrogens with one attached hydrogen (secondary N) is 1. The quantitative estimate of drug-likeness (QED) is 0.812. The number of ether oxygens (including phenoxy) is 1. The molecule has 1 fully saturated rings. The van der Waals surface area contributed by atoms with Crippen LogP contribution in [0.15, 0.2) is 48.8 Å². The van der Waals surface area contributed by atoms with Crippen LogP contribution in [0.3, 0.4) is 0 Å². The van der Waals surface area contributed by atoms with Crippen LogP contribution in [0.5, 0.6) is 5.75 Å². The molecule has 2 aromatic rings. The van der Waals surface area contributed by atoms with Gasteiger partial charge in [-0.25, -0.2) is 0 Å². The Bertz CT molecular complexity index is 775. The number of pyridine rings is 1. The Morgan fingerprint density at radius 2 is 2.04 bits per heavy atom. The second kappa shape index (κ2) is 9.75. The van der Waals surface area contributed by atoms with Crippen molar-refractivity contribution in [3.05, 3.63) is 59.9 Å². The largest absolute Gasteiger partial charge is 0.573 e. The normalized spacial score (nSPS) is 17.0. The van der Waals surface area contributed by atoms with E-state index >= 15 is 0 Å². The number of para-hydroxylation sites is 1. The minimum absolute atomic E-state index is 0. The fourth-order valence-electron chi connectivity index (χ4n) is 3.19. The van der Waals surface area contributed by atoms with E-state index in [1.807, 2.05) is 12.1 Å². The third-order valence-corrected chi connectivity index (χ3v) is 4.44. The summed E-state index contributed by atoms with van der Waals surface area (Å²) in [6.07, 6.45) is -1.08. The Hall–Kier alpha value is -2.32. The van der Waals surface area contributed by atoms with Gasteiger partial charge in [-0.15, -0.1) is 25.6 Å². The molecule has 0 saturated carbocycles. The molecule has 1 aromatic carbocycles. The molecule has 28 heavy (non-hydrogen) atoms. The molecule has 1 N–H and O–H groups in total. The number of amides is 1. The summed E-state index contributed by atoms with van der Waals surface area (Å²) in [7, 11) is 0. The van der Waals surface area contributed by atoms with Crippen molar-refractivity contribution in [2.24, 2.45) is 0 Å². The van der Waals surface area contributed by atoms with Crippen molar-refractivity contribution in [3.8, 4) is 5.75 Å². The molecule has 1 aromatic heterocycles. The van der Waals surface area contributed by atoms with Crippen LogP contribution in [0, 0.1) is 0 Å². The van der Waals surface area contributed by atoms with Crippen LogP contribution in [0.4, 0.5) is 13.2 Å². The molecule has 3 rings (SSSR count). The van der Waals surface area contributed by atoms with E-state index in [2.05, 4.69) is 15.0 Å². The van der Waals surface area contributed by atoms with Crippen molar-refractivity contribution in [2.75, 3.05) is 19.6 Å². The van der Waals surface area contributed by atoms with E-state index in [-0.39, 0.29) is 42.9 Å². The standard InChI is InChI=1S/C19H20F3N3O2.ClH/c20-19(21,22)27-17-6-2-1-4-14(17)7-8-18(26)25-11-10-24-13-16(25)15-5-3-9-23-12-15;/h1-6,9,12,16,24H,7-8,10-11,13H2;1H. The fraction of sp³-hybridized carbons (Fsp3) is 0.368. The fourth-order valence-corrected chi connectivity index (χ4v) is 3.19. The lowest BCUT2D eigenvalue weighted by Crippen LogP contribution is -2.48. The number of carbonyl (C=O) groups excluding carboxylic acids is 1. The topological polar surface area (TPSA) is 54.5 Å². The number of nitrogens with zero attached hydrogens (tertiary/aromatic N) is 2. The minimum atomic E-state index is -4.76. The van der Waals surface area contributed by atoms with Crippen molar-refractivity contribution in [1.29, 1.82) is 0 Å². The average Bonchev–Trinajstić information content (AvgIpc) is 2.66. The smallest absolute Gasteiger partial charge is 0.406 e. The first-order valence-electron chi connectivity index (χ1n) is 8.68. The van der Waals surface area contributed by atoms with Gasteiger partial charge in [0.2, 0.25) is 5.91 Å². The van der Waals surface area contributed by atoms with Crippen molar-refractivity contribution < 1.29 is 22.7 Å². The molecule has 5 nitrogen and oxygen atoms in total. The van der Waals surface area contributed by atoms with E-state index in [4.69, 9.17) is 0 Å². The Balaban J connectivity index is 0.00000280. The predicted octanol–water partition coefficient (Wildman–Crippen LogP) is 3.51. The Kier molecular flexibility index (Phi) is 7.65. The van der Waals surface area contributed by atoms with Gasteiger partial charge in [-0.1, -0.05) is 24.3 Å². The molecule has 1 aliphatic rings. The van der Waals surface area contributed by atoms with Gasteiger partial charge in [0, 0.05) is 38.4 Å². The van der Waals surface area contributed by atoms with Gasteiger partial charge in [0.05, 0.1) is 6.04 Å². The Labute approximate surface area is 167 Å². The van der Waals surface area contributed by atoms with Gasteiger partial charge in [-0.05, 0) is 29.7 Å². The molecular weight excluding hydrogens is 395 g/mol. The Morgan fingerprint density at radius 3 is 2.75 bits per heavy atom. The molecule has 0 bridgehead atoms. The number of alkyl halides is 3. The highest BCUT2D eigenvalue weighted by atomic mass is 35.5. The van der Waals surface area contributed by atoms with Crippen molar-refractivity contribution in [2.45, 2.75) is 25.2 Å². The molecule has 0 spiro atoms. The zero-order valence-corrected chi connectivity index (χ0v) is 15.8. The van der Waals surface area contributed by atoms with Crippen LogP contribution < -0.4 is 10.1 Å². The van der Waals surface area contributed by atoms with Crippen LogP contribution in [0.2, 0.25) is 0 Å². The summed E-state index contributed by atoms with van der Waals surface area (Å²) in [6.45, 7) is 1.83. The van der Waals surface area contributed by atoms with E-state index in [0.29, 0.717) is 25.2 Å². The SMILES string of the molecule is Cl.O=C(CCc1ccccc1OC(F)(F)F)N1CCNCC1c1cccnc1. The molecule has 1 atom stereocenters. The lowest BCUT2D eigenvalue weighted by Gasteiger charge is -2.36. The first kappa shape index (κ1) is 22.0. The number of carbonyl (C=O) groups is 1. The zero-order chi connectivity index (χ0) is 19.3. The maximum atomic E-state index is 12.8. The number of rotatable bonds is 5. The van der Waals surface area contributed by atoms with Gasteiger partial charge in [-0.3, -0.25) is 9.78 Å². The molecule has 1 aliphatic heterocycles. The van der Waals surface area contributed by atoms with Crippen molar-refractivity contribution in [3.63, 3.8) is 0 Å². The maximum Gasteiger partial charge on any atom is 0.573 e. The second-order valence-electron chi connectivity index (χ2n) is 6.25. The van der Waals surface area contributed by atoms with E-state index in [1.165, 1.54) is 12.1 Å². The number of halogens is 4. The van der Waals surface area contributed by atoms with Crippen LogP contribution in [0.1, 0.15) is 23.6 Å². The van der Waals surface area contributed by atoms with Crippen LogP contribution in [-0.4, -0.2) is 41.8 Å². The molecule has 1 unspecified atom stereocenters. The number of piperazine rings is 1. The van der Waals surface area contributed by atoms with Crippen molar-refractivity contribution >= 4 is 18.3 Å². The van der Waals surface area contributed by atoms with Gasteiger partial charge >= 0.3 is 6.36 Å². The number of hydrogen-bond donors (Lipinski definition) is 1. The summed E-state index contributed by atoms with van der Waals surface area (Å²) in [4.78, 5) is 18.6. The molecular formula is C19H21ClF3N3O2. The third kappa shape index (κ3) is 5.84. The minimum Gasteiger partial charge on any atom is -0.406 e. The highest BCUT2D eigenvalue weighted by Crippen LogP contribution is 2.28. The number of hydrogen-bond acceptors (Lipinski definition) is 4. The van der Waals surface area contributed by atoms with Gasteiger partial charge < -0.3 is 15.0 Å². The molecule has 1 saturated heterocycles. The van der Waals surface area contributed by atoms with Gasteiger partial charge in [-0.2, -0.15) is 0 Å². The van der Waals surface area contributed by atoms with E-state index in [9.17, 15) is 18.0 Å². The summed E-state index contributed by atoms with van der Waals surface area (Å²) in [5, 5.41) is 3.26. The molecule has 2 heterocycles.